The van der Waals surface area contributed by atoms with Gasteiger partial charge in [-0.15, -0.1) is 0 Å². The van der Waals surface area contributed by atoms with Crippen molar-refractivity contribution in [1.82, 2.24) is 14.8 Å². The van der Waals surface area contributed by atoms with E-state index in [0.717, 1.165) is 0 Å². The van der Waals surface area contributed by atoms with Crippen LogP contribution in [0.2, 0.25) is 0 Å². The van der Waals surface area contributed by atoms with Crippen LogP contribution in [0.25, 0.3) is 0 Å². The normalized spacial score (nSPS) is 10.7. The van der Waals surface area contributed by atoms with E-state index in [1.54, 1.807) is 4.68 Å². The number of hydrogen-bond donors (Lipinski definition) is 1. The van der Waals surface area contributed by atoms with E-state index in [9.17, 15) is 8.78 Å². The van der Waals surface area contributed by atoms with E-state index in [1.165, 1.54) is 18.5 Å². The third-order valence-electron chi connectivity index (χ3n) is 2.43. The first kappa shape index (κ1) is 12.9. The maximum atomic E-state index is 13.5. The van der Waals surface area contributed by atoms with Crippen molar-refractivity contribution in [3.63, 3.8) is 0 Å². The summed E-state index contributed by atoms with van der Waals surface area (Å²) in [4.78, 5) is 4.01. The number of rotatable bonds is 4. The molecule has 0 radical (unpaired) electrons. The lowest BCUT2D eigenvalue weighted by Crippen LogP contribution is -2.10. The van der Waals surface area contributed by atoms with Gasteiger partial charge in [0.25, 0.3) is 0 Å². The molecule has 4 nitrogen and oxygen atoms in total. The summed E-state index contributed by atoms with van der Waals surface area (Å²) in [5.41, 5.74) is -0.163. The molecule has 0 spiro atoms. The number of nitrogens with zero attached hydrogens (tertiary/aromatic N) is 3. The van der Waals surface area contributed by atoms with Gasteiger partial charge in [-0.1, -0.05) is 15.9 Å². The highest BCUT2D eigenvalue weighted by atomic mass is 79.9. The molecular weight excluding hydrogens is 306 g/mol. The van der Waals surface area contributed by atoms with Gasteiger partial charge in [-0.25, -0.2) is 18.4 Å². The molecule has 1 heterocycles. The maximum Gasteiger partial charge on any atom is 0.150 e. The van der Waals surface area contributed by atoms with Gasteiger partial charge in [-0.05, 0) is 19.1 Å². The lowest BCUT2D eigenvalue weighted by molar-refractivity contribution is 0.582. The molecule has 0 fully saturated rings. The van der Waals surface area contributed by atoms with E-state index in [2.05, 4.69) is 31.3 Å². The van der Waals surface area contributed by atoms with Gasteiger partial charge in [0.15, 0.2) is 0 Å². The summed E-state index contributed by atoms with van der Waals surface area (Å²) in [7, 11) is 0. The summed E-state index contributed by atoms with van der Waals surface area (Å²) in [6.07, 6.45) is 1.41. The molecule has 1 aromatic carbocycles. The fourth-order valence-electron chi connectivity index (χ4n) is 1.57. The van der Waals surface area contributed by atoms with E-state index in [-0.39, 0.29) is 12.2 Å². The molecule has 2 aromatic rings. The Bertz CT molecular complexity index is 533. The Morgan fingerprint density at radius 3 is 2.61 bits per heavy atom. The number of aryl methyl sites for hydroxylation is 1. The zero-order valence-electron chi connectivity index (χ0n) is 9.62. The molecule has 18 heavy (non-hydrogen) atoms. The number of anilines is 1. The molecule has 0 aliphatic rings. The van der Waals surface area contributed by atoms with Crippen molar-refractivity contribution in [2.75, 3.05) is 5.32 Å². The standard InChI is InChI=1S/C11H11BrF2N4/c1-2-18-10(16-6-17-18)5-15-11-8(13)3-7(12)4-9(11)14/h3-4,6,15H,2,5H2,1H3. The number of nitrogens with one attached hydrogen (secondary N) is 1. The van der Waals surface area contributed by atoms with Crippen LogP contribution >= 0.6 is 15.9 Å². The minimum atomic E-state index is -0.649. The van der Waals surface area contributed by atoms with Crippen LogP contribution in [-0.2, 0) is 13.1 Å². The van der Waals surface area contributed by atoms with Gasteiger partial charge in [0.1, 0.15) is 29.5 Å². The Hall–Kier alpha value is -1.50. The molecule has 7 heteroatoms. The molecule has 0 unspecified atom stereocenters. The van der Waals surface area contributed by atoms with E-state index in [0.29, 0.717) is 16.8 Å². The minimum Gasteiger partial charge on any atom is -0.373 e. The zero-order valence-corrected chi connectivity index (χ0v) is 11.2. The third kappa shape index (κ3) is 2.66. The molecule has 2 rings (SSSR count). The van der Waals surface area contributed by atoms with Gasteiger partial charge in [0.05, 0.1) is 6.54 Å². The first-order valence-corrected chi connectivity index (χ1v) is 6.16. The molecule has 96 valence electrons. The summed E-state index contributed by atoms with van der Waals surface area (Å²) in [6.45, 7) is 2.78. The van der Waals surface area contributed by atoms with Crippen molar-refractivity contribution >= 4 is 21.6 Å². The second kappa shape index (κ2) is 5.43. The molecule has 0 atom stereocenters. The maximum absolute atomic E-state index is 13.5. The monoisotopic (exact) mass is 316 g/mol. The van der Waals surface area contributed by atoms with Crippen molar-refractivity contribution in [2.45, 2.75) is 20.0 Å². The Kier molecular flexibility index (Phi) is 3.90. The molecule has 0 aliphatic carbocycles. The lowest BCUT2D eigenvalue weighted by atomic mass is 10.3. The Balaban J connectivity index is 2.16. The van der Waals surface area contributed by atoms with Crippen LogP contribution in [0.3, 0.4) is 0 Å². The molecule has 1 N–H and O–H groups in total. The first-order valence-electron chi connectivity index (χ1n) is 5.37. The topological polar surface area (TPSA) is 42.7 Å². The van der Waals surface area contributed by atoms with Crippen molar-refractivity contribution in [3.05, 3.63) is 40.4 Å². The Morgan fingerprint density at radius 1 is 1.33 bits per heavy atom. The summed E-state index contributed by atoms with van der Waals surface area (Å²) in [5.74, 6) is -0.673. The van der Waals surface area contributed by atoms with Gasteiger partial charge in [-0.3, -0.25) is 0 Å². The largest absolute Gasteiger partial charge is 0.373 e. The Labute approximate surface area is 111 Å². The SMILES string of the molecule is CCn1ncnc1CNc1c(F)cc(Br)cc1F. The smallest absolute Gasteiger partial charge is 0.150 e. The second-order valence-electron chi connectivity index (χ2n) is 3.59. The Morgan fingerprint density at radius 2 is 2.00 bits per heavy atom. The predicted octanol–water partition coefficient (Wildman–Crippen LogP) is 2.95. The average molecular weight is 317 g/mol. The predicted molar refractivity (Wildman–Crippen MR) is 67.1 cm³/mol. The van der Waals surface area contributed by atoms with Crippen LogP contribution in [0, 0.1) is 11.6 Å². The zero-order chi connectivity index (χ0) is 13.1. The lowest BCUT2D eigenvalue weighted by Gasteiger charge is -2.09. The summed E-state index contributed by atoms with van der Waals surface area (Å²) in [6, 6.07) is 2.41. The fourth-order valence-corrected chi connectivity index (χ4v) is 1.97. The van der Waals surface area contributed by atoms with Crippen molar-refractivity contribution in [3.8, 4) is 0 Å². The van der Waals surface area contributed by atoms with Crippen molar-refractivity contribution < 1.29 is 8.78 Å². The third-order valence-corrected chi connectivity index (χ3v) is 2.88. The number of hydrogen-bond acceptors (Lipinski definition) is 3. The van der Waals surface area contributed by atoms with E-state index >= 15 is 0 Å². The van der Waals surface area contributed by atoms with Crippen LogP contribution in [0.1, 0.15) is 12.7 Å². The second-order valence-corrected chi connectivity index (χ2v) is 4.51. The van der Waals surface area contributed by atoms with Crippen LogP contribution in [0.4, 0.5) is 14.5 Å². The van der Waals surface area contributed by atoms with Gasteiger partial charge < -0.3 is 5.32 Å². The number of aromatic nitrogens is 3. The molecule has 0 aliphatic heterocycles. The van der Waals surface area contributed by atoms with Gasteiger partial charge in [0.2, 0.25) is 0 Å². The summed E-state index contributed by atoms with van der Waals surface area (Å²) >= 11 is 3.03. The number of benzene rings is 1. The van der Waals surface area contributed by atoms with Gasteiger partial charge in [0, 0.05) is 11.0 Å². The quantitative estimate of drug-likeness (QED) is 0.943. The van der Waals surface area contributed by atoms with E-state index < -0.39 is 11.6 Å². The molecule has 0 bridgehead atoms. The molecule has 0 saturated carbocycles. The van der Waals surface area contributed by atoms with Crippen molar-refractivity contribution in [1.29, 1.82) is 0 Å². The summed E-state index contributed by atoms with van der Waals surface area (Å²) in [5, 5.41) is 6.67. The fraction of sp³-hybridized carbons (Fsp3) is 0.273. The highest BCUT2D eigenvalue weighted by Gasteiger charge is 2.11. The highest BCUT2D eigenvalue weighted by molar-refractivity contribution is 9.10. The van der Waals surface area contributed by atoms with Crippen LogP contribution < -0.4 is 5.32 Å². The van der Waals surface area contributed by atoms with E-state index in [1.807, 2.05) is 6.92 Å². The molecule has 0 saturated heterocycles. The minimum absolute atomic E-state index is 0.163. The highest BCUT2D eigenvalue weighted by Crippen LogP contribution is 2.24. The first-order chi connectivity index (χ1) is 8.61. The van der Waals surface area contributed by atoms with Crippen LogP contribution in [0.15, 0.2) is 22.9 Å². The number of halogens is 3. The van der Waals surface area contributed by atoms with Crippen molar-refractivity contribution in [2.24, 2.45) is 0 Å². The van der Waals surface area contributed by atoms with Crippen LogP contribution in [-0.4, -0.2) is 14.8 Å². The van der Waals surface area contributed by atoms with Gasteiger partial charge in [-0.2, -0.15) is 5.10 Å². The molecule has 0 amide bonds. The summed E-state index contributed by atoms with van der Waals surface area (Å²) < 4.78 is 29.1. The molecular formula is C11H11BrF2N4. The van der Waals surface area contributed by atoms with Crippen LogP contribution in [0.5, 0.6) is 0 Å². The van der Waals surface area contributed by atoms with E-state index in [4.69, 9.17) is 0 Å². The average Bonchev–Trinajstić information content (AvgIpc) is 2.75. The van der Waals surface area contributed by atoms with Gasteiger partial charge >= 0.3 is 0 Å². The molecule has 1 aromatic heterocycles.